The molecule has 0 aliphatic carbocycles. The number of benzene rings is 1. The fourth-order valence-electron chi connectivity index (χ4n) is 2.56. The molecule has 0 radical (unpaired) electrons. The van der Waals surface area contributed by atoms with E-state index in [2.05, 4.69) is 12.2 Å². The molecule has 94 valence electrons. The molecular formula is C14H20FNO. The van der Waals surface area contributed by atoms with Gasteiger partial charge in [-0.25, -0.2) is 4.39 Å². The van der Waals surface area contributed by atoms with E-state index in [4.69, 9.17) is 4.74 Å². The Bertz CT molecular complexity index is 374. The van der Waals surface area contributed by atoms with E-state index in [1.165, 1.54) is 18.9 Å². The summed E-state index contributed by atoms with van der Waals surface area (Å²) >= 11 is 0. The highest BCUT2D eigenvalue weighted by atomic mass is 19.1. The molecule has 2 nitrogen and oxygen atoms in total. The van der Waals surface area contributed by atoms with Gasteiger partial charge in [-0.15, -0.1) is 0 Å². The van der Waals surface area contributed by atoms with Crippen LogP contribution in [0.1, 0.15) is 31.2 Å². The highest BCUT2D eigenvalue weighted by Gasteiger charge is 2.23. The number of ether oxygens (including phenoxy) is 1. The van der Waals surface area contributed by atoms with Crippen LogP contribution in [0.5, 0.6) is 5.75 Å². The van der Waals surface area contributed by atoms with Gasteiger partial charge in [-0.1, -0.05) is 13.0 Å². The zero-order valence-corrected chi connectivity index (χ0v) is 10.5. The molecule has 0 aromatic heterocycles. The highest BCUT2D eigenvalue weighted by molar-refractivity contribution is 5.31. The van der Waals surface area contributed by atoms with Gasteiger partial charge in [0.25, 0.3) is 0 Å². The summed E-state index contributed by atoms with van der Waals surface area (Å²) in [5, 5.41) is 3.38. The smallest absolute Gasteiger partial charge is 0.130 e. The lowest BCUT2D eigenvalue weighted by molar-refractivity contribution is 0.329. The van der Waals surface area contributed by atoms with Crippen molar-refractivity contribution < 1.29 is 9.13 Å². The molecule has 1 aromatic rings. The molecule has 0 amide bonds. The van der Waals surface area contributed by atoms with Crippen molar-refractivity contribution in [2.24, 2.45) is 5.92 Å². The Kier molecular flexibility index (Phi) is 4.00. The predicted molar refractivity (Wildman–Crippen MR) is 67.0 cm³/mol. The molecule has 0 spiro atoms. The third-order valence-corrected chi connectivity index (χ3v) is 3.74. The van der Waals surface area contributed by atoms with E-state index >= 15 is 0 Å². The topological polar surface area (TPSA) is 21.3 Å². The minimum absolute atomic E-state index is 0.151. The molecule has 17 heavy (non-hydrogen) atoms. The molecule has 1 aliphatic heterocycles. The molecule has 1 N–H and O–H groups in total. The Hall–Kier alpha value is -1.09. The quantitative estimate of drug-likeness (QED) is 0.872. The van der Waals surface area contributed by atoms with Crippen LogP contribution in [0.25, 0.3) is 0 Å². The summed E-state index contributed by atoms with van der Waals surface area (Å²) in [6.45, 7) is 4.20. The van der Waals surface area contributed by atoms with Gasteiger partial charge in [-0.05, 0) is 49.4 Å². The van der Waals surface area contributed by atoms with Crippen LogP contribution < -0.4 is 10.1 Å². The van der Waals surface area contributed by atoms with Crippen molar-refractivity contribution in [1.82, 2.24) is 5.32 Å². The van der Waals surface area contributed by atoms with Crippen molar-refractivity contribution >= 4 is 0 Å². The Balaban J connectivity index is 2.15. The molecule has 1 saturated heterocycles. The van der Waals surface area contributed by atoms with Crippen molar-refractivity contribution in [3.63, 3.8) is 0 Å². The van der Waals surface area contributed by atoms with Gasteiger partial charge >= 0.3 is 0 Å². The molecule has 2 unspecified atom stereocenters. The summed E-state index contributed by atoms with van der Waals surface area (Å²) in [4.78, 5) is 0. The third-order valence-electron chi connectivity index (χ3n) is 3.74. The molecule has 3 heteroatoms. The van der Waals surface area contributed by atoms with E-state index in [9.17, 15) is 4.39 Å². The number of rotatable bonds is 3. The average Bonchev–Trinajstić information content (AvgIpc) is 2.39. The second kappa shape index (κ2) is 5.50. The lowest BCUT2D eigenvalue weighted by Gasteiger charge is -2.28. The van der Waals surface area contributed by atoms with Crippen molar-refractivity contribution in [3.05, 3.63) is 29.6 Å². The lowest BCUT2D eigenvalue weighted by atomic mass is 9.82. The summed E-state index contributed by atoms with van der Waals surface area (Å²) < 4.78 is 19.0. The third kappa shape index (κ3) is 2.78. The number of halogens is 1. The number of nitrogens with one attached hydrogen (secondary N) is 1. The van der Waals surface area contributed by atoms with E-state index in [1.54, 1.807) is 7.11 Å². The van der Waals surface area contributed by atoms with Gasteiger partial charge < -0.3 is 10.1 Å². The van der Waals surface area contributed by atoms with Crippen LogP contribution in [0, 0.1) is 11.7 Å². The average molecular weight is 237 g/mol. The summed E-state index contributed by atoms with van der Waals surface area (Å²) in [6, 6.07) is 5.17. The largest absolute Gasteiger partial charge is 0.497 e. The molecule has 0 saturated carbocycles. The van der Waals surface area contributed by atoms with Gasteiger partial charge in [0.15, 0.2) is 0 Å². The predicted octanol–water partition coefficient (Wildman–Crippen LogP) is 2.94. The van der Waals surface area contributed by atoms with E-state index < -0.39 is 0 Å². The zero-order valence-electron chi connectivity index (χ0n) is 10.5. The molecule has 1 heterocycles. The van der Waals surface area contributed by atoms with E-state index in [0.29, 0.717) is 11.7 Å². The Morgan fingerprint density at radius 1 is 1.47 bits per heavy atom. The maximum Gasteiger partial charge on any atom is 0.130 e. The second-order valence-electron chi connectivity index (χ2n) is 4.78. The van der Waals surface area contributed by atoms with Crippen LogP contribution in [0.15, 0.2) is 18.2 Å². The van der Waals surface area contributed by atoms with Crippen LogP contribution in [-0.4, -0.2) is 20.2 Å². The molecular weight excluding hydrogens is 217 g/mol. The molecule has 0 bridgehead atoms. The molecule has 1 fully saturated rings. The fourth-order valence-corrected chi connectivity index (χ4v) is 2.56. The van der Waals surface area contributed by atoms with E-state index in [-0.39, 0.29) is 11.7 Å². The molecule has 2 atom stereocenters. The normalized spacial score (nSPS) is 22.2. The molecule has 1 aromatic carbocycles. The monoisotopic (exact) mass is 237 g/mol. The Morgan fingerprint density at radius 3 is 2.88 bits per heavy atom. The van der Waals surface area contributed by atoms with Gasteiger partial charge in [0.05, 0.1) is 7.11 Å². The maximum absolute atomic E-state index is 13.9. The van der Waals surface area contributed by atoms with Crippen LogP contribution in [0.3, 0.4) is 0 Å². The minimum atomic E-state index is -0.151. The maximum atomic E-state index is 13.9. The number of piperidine rings is 1. The van der Waals surface area contributed by atoms with Gasteiger partial charge in [0, 0.05) is 6.07 Å². The van der Waals surface area contributed by atoms with Gasteiger partial charge in [0.1, 0.15) is 11.6 Å². The zero-order chi connectivity index (χ0) is 12.3. The van der Waals surface area contributed by atoms with Crippen molar-refractivity contribution in [3.8, 4) is 5.75 Å². The highest BCUT2D eigenvalue weighted by Crippen LogP contribution is 2.31. The lowest BCUT2D eigenvalue weighted by Crippen LogP contribution is -2.32. The number of methoxy groups -OCH3 is 1. The summed E-state index contributed by atoms with van der Waals surface area (Å²) in [6.07, 6.45) is 2.37. The number of hydrogen-bond donors (Lipinski definition) is 1. The Labute approximate surface area is 102 Å². The van der Waals surface area contributed by atoms with Crippen LogP contribution in [0.4, 0.5) is 4.39 Å². The summed E-state index contributed by atoms with van der Waals surface area (Å²) in [5.74, 6) is 1.22. The molecule has 2 rings (SSSR count). The van der Waals surface area contributed by atoms with Gasteiger partial charge in [-0.3, -0.25) is 0 Å². The second-order valence-corrected chi connectivity index (χ2v) is 4.78. The van der Waals surface area contributed by atoms with Gasteiger partial charge in [-0.2, -0.15) is 0 Å². The van der Waals surface area contributed by atoms with Crippen molar-refractivity contribution in [1.29, 1.82) is 0 Å². The molecule has 1 aliphatic rings. The fraction of sp³-hybridized carbons (Fsp3) is 0.571. The first kappa shape index (κ1) is 12.4. The minimum Gasteiger partial charge on any atom is -0.497 e. The first-order valence-electron chi connectivity index (χ1n) is 6.26. The Morgan fingerprint density at radius 2 is 2.29 bits per heavy atom. The summed E-state index contributed by atoms with van der Waals surface area (Å²) in [5.41, 5.74) is 0.805. The SMILES string of the molecule is COc1ccc(C(C)C2CCCNC2)c(F)c1. The summed E-state index contributed by atoms with van der Waals surface area (Å²) in [7, 11) is 1.56. The van der Waals surface area contributed by atoms with Crippen LogP contribution in [-0.2, 0) is 0 Å². The van der Waals surface area contributed by atoms with Crippen LogP contribution in [0.2, 0.25) is 0 Å². The van der Waals surface area contributed by atoms with Gasteiger partial charge in [0.2, 0.25) is 0 Å². The first-order chi connectivity index (χ1) is 8.22. The van der Waals surface area contributed by atoms with E-state index in [1.807, 2.05) is 12.1 Å². The number of hydrogen-bond acceptors (Lipinski definition) is 2. The van der Waals surface area contributed by atoms with Crippen LogP contribution >= 0.6 is 0 Å². The first-order valence-corrected chi connectivity index (χ1v) is 6.26. The van der Waals surface area contributed by atoms with Crippen molar-refractivity contribution in [2.45, 2.75) is 25.7 Å². The standard InChI is InChI=1S/C14H20FNO/c1-10(11-4-3-7-16-9-11)13-6-5-12(17-2)8-14(13)15/h5-6,8,10-11,16H,3-4,7,9H2,1-2H3. The van der Waals surface area contributed by atoms with E-state index in [0.717, 1.165) is 18.7 Å². The van der Waals surface area contributed by atoms with Crippen molar-refractivity contribution in [2.75, 3.05) is 20.2 Å².